The maximum Gasteiger partial charge on any atom is 0.230 e. The van der Waals surface area contributed by atoms with Crippen molar-refractivity contribution >= 4 is 11.8 Å². The number of piperidine rings is 1. The van der Waals surface area contributed by atoms with Crippen LogP contribution in [0.4, 0.5) is 0 Å². The monoisotopic (exact) mass is 378 g/mol. The summed E-state index contributed by atoms with van der Waals surface area (Å²) in [6, 6.07) is 20.4. The van der Waals surface area contributed by atoms with E-state index >= 15 is 0 Å². The number of carbonyl (C=O) groups excluding carboxylic acids is 2. The third-order valence-corrected chi connectivity index (χ3v) is 6.10. The SMILES string of the molecule is CCC(CNC(=O)C1(c2ccccc2)CCN(C(C)=O)CC1)c1ccccc1. The molecule has 2 amide bonds. The van der Waals surface area contributed by atoms with E-state index in [4.69, 9.17) is 0 Å². The Kier molecular flexibility index (Phi) is 6.50. The fourth-order valence-corrected chi connectivity index (χ4v) is 4.22. The van der Waals surface area contributed by atoms with E-state index in [0.29, 0.717) is 38.4 Å². The summed E-state index contributed by atoms with van der Waals surface area (Å²) in [5.41, 5.74) is 1.73. The average Bonchev–Trinajstić information content (AvgIpc) is 2.75. The van der Waals surface area contributed by atoms with Gasteiger partial charge in [0.15, 0.2) is 0 Å². The van der Waals surface area contributed by atoms with E-state index in [-0.39, 0.29) is 11.8 Å². The minimum atomic E-state index is -0.567. The lowest BCUT2D eigenvalue weighted by Crippen LogP contribution is -2.53. The van der Waals surface area contributed by atoms with E-state index in [1.54, 1.807) is 6.92 Å². The molecule has 0 bridgehead atoms. The number of amides is 2. The van der Waals surface area contributed by atoms with Crippen LogP contribution in [0, 0.1) is 0 Å². The molecular formula is C24H30N2O2. The van der Waals surface area contributed by atoms with Crippen LogP contribution in [0.1, 0.15) is 50.2 Å². The zero-order valence-electron chi connectivity index (χ0n) is 16.9. The van der Waals surface area contributed by atoms with Crippen LogP contribution in [-0.2, 0) is 15.0 Å². The summed E-state index contributed by atoms with van der Waals surface area (Å²) >= 11 is 0. The smallest absolute Gasteiger partial charge is 0.230 e. The second-order valence-corrected chi connectivity index (χ2v) is 7.68. The predicted octanol–water partition coefficient (Wildman–Crippen LogP) is 3.88. The standard InChI is InChI=1S/C24H30N2O2/c1-3-20(21-10-6-4-7-11-21)18-25-23(28)24(22-12-8-5-9-13-22)14-16-26(17-15-24)19(2)27/h4-13,20H,3,14-18H2,1-2H3,(H,25,28). The lowest BCUT2D eigenvalue weighted by atomic mass is 9.72. The molecule has 2 aromatic rings. The van der Waals surface area contributed by atoms with Gasteiger partial charge < -0.3 is 10.2 Å². The Morgan fingerprint density at radius 3 is 2.11 bits per heavy atom. The van der Waals surface area contributed by atoms with Crippen LogP contribution >= 0.6 is 0 Å². The molecule has 148 valence electrons. The van der Waals surface area contributed by atoms with E-state index in [1.807, 2.05) is 53.4 Å². The normalized spacial score (nSPS) is 17.0. The van der Waals surface area contributed by atoms with Crippen molar-refractivity contribution in [2.24, 2.45) is 0 Å². The van der Waals surface area contributed by atoms with Crippen LogP contribution in [0.3, 0.4) is 0 Å². The van der Waals surface area contributed by atoms with E-state index in [0.717, 1.165) is 12.0 Å². The summed E-state index contributed by atoms with van der Waals surface area (Å²) < 4.78 is 0. The van der Waals surface area contributed by atoms with Crippen molar-refractivity contribution in [1.82, 2.24) is 10.2 Å². The highest BCUT2D eigenvalue weighted by atomic mass is 16.2. The van der Waals surface area contributed by atoms with Crippen molar-refractivity contribution in [1.29, 1.82) is 0 Å². The first kappa shape index (κ1) is 20.1. The van der Waals surface area contributed by atoms with E-state index in [2.05, 4.69) is 24.4 Å². The maximum atomic E-state index is 13.4. The van der Waals surface area contributed by atoms with Crippen LogP contribution in [0.25, 0.3) is 0 Å². The maximum absolute atomic E-state index is 13.4. The van der Waals surface area contributed by atoms with Gasteiger partial charge in [-0.2, -0.15) is 0 Å². The molecule has 1 N–H and O–H groups in total. The average molecular weight is 379 g/mol. The summed E-state index contributed by atoms with van der Waals surface area (Å²) in [5.74, 6) is 0.462. The summed E-state index contributed by atoms with van der Waals surface area (Å²) in [5, 5.41) is 3.24. The first-order valence-electron chi connectivity index (χ1n) is 10.2. The molecule has 1 aliphatic rings. The number of benzene rings is 2. The lowest BCUT2D eigenvalue weighted by molar-refractivity contribution is -0.135. The van der Waals surface area contributed by atoms with Crippen LogP contribution in [-0.4, -0.2) is 36.3 Å². The van der Waals surface area contributed by atoms with Gasteiger partial charge in [0.1, 0.15) is 0 Å². The highest BCUT2D eigenvalue weighted by molar-refractivity contribution is 5.89. The van der Waals surface area contributed by atoms with Crippen LogP contribution in [0.15, 0.2) is 60.7 Å². The van der Waals surface area contributed by atoms with Gasteiger partial charge in [-0.3, -0.25) is 9.59 Å². The molecule has 0 aromatic heterocycles. The largest absolute Gasteiger partial charge is 0.355 e. The molecule has 3 rings (SSSR count). The van der Waals surface area contributed by atoms with Crippen molar-refractivity contribution in [2.45, 2.75) is 44.4 Å². The Morgan fingerprint density at radius 1 is 1.00 bits per heavy atom. The fraction of sp³-hybridized carbons (Fsp3) is 0.417. The minimum absolute atomic E-state index is 0.0799. The van der Waals surface area contributed by atoms with Gasteiger partial charge in [0, 0.05) is 32.5 Å². The van der Waals surface area contributed by atoms with Crippen molar-refractivity contribution in [3.05, 3.63) is 71.8 Å². The second kappa shape index (κ2) is 9.05. The molecular weight excluding hydrogens is 348 g/mol. The number of hydrogen-bond donors (Lipinski definition) is 1. The molecule has 1 atom stereocenters. The summed E-state index contributed by atoms with van der Waals surface area (Å²) in [6.45, 7) is 5.62. The summed E-state index contributed by atoms with van der Waals surface area (Å²) in [4.78, 5) is 27.0. The molecule has 0 spiro atoms. The molecule has 0 saturated carbocycles. The van der Waals surface area contributed by atoms with Gasteiger partial charge in [0.25, 0.3) is 0 Å². The van der Waals surface area contributed by atoms with E-state index in [1.165, 1.54) is 5.56 Å². The molecule has 1 saturated heterocycles. The highest BCUT2D eigenvalue weighted by Gasteiger charge is 2.43. The van der Waals surface area contributed by atoms with Crippen LogP contribution in [0.2, 0.25) is 0 Å². The summed E-state index contributed by atoms with van der Waals surface area (Å²) in [7, 11) is 0. The molecule has 4 nitrogen and oxygen atoms in total. The molecule has 1 heterocycles. The molecule has 0 aliphatic carbocycles. The molecule has 2 aromatic carbocycles. The van der Waals surface area contributed by atoms with Gasteiger partial charge in [-0.1, -0.05) is 67.6 Å². The number of rotatable bonds is 6. The molecule has 28 heavy (non-hydrogen) atoms. The second-order valence-electron chi connectivity index (χ2n) is 7.68. The Balaban J connectivity index is 1.77. The van der Waals surface area contributed by atoms with Crippen molar-refractivity contribution in [3.63, 3.8) is 0 Å². The quantitative estimate of drug-likeness (QED) is 0.829. The molecule has 1 aliphatic heterocycles. The topological polar surface area (TPSA) is 49.4 Å². The van der Waals surface area contributed by atoms with Gasteiger partial charge in [0.2, 0.25) is 11.8 Å². The molecule has 4 heteroatoms. The Bertz CT molecular complexity index is 781. The minimum Gasteiger partial charge on any atom is -0.355 e. The molecule has 1 fully saturated rings. The fourth-order valence-electron chi connectivity index (χ4n) is 4.22. The predicted molar refractivity (Wildman–Crippen MR) is 112 cm³/mol. The van der Waals surface area contributed by atoms with Gasteiger partial charge >= 0.3 is 0 Å². The van der Waals surface area contributed by atoms with E-state index < -0.39 is 5.41 Å². The van der Waals surface area contributed by atoms with Crippen LogP contribution in [0.5, 0.6) is 0 Å². The number of nitrogens with one attached hydrogen (secondary N) is 1. The zero-order chi connectivity index (χ0) is 20.0. The molecule has 1 unspecified atom stereocenters. The van der Waals surface area contributed by atoms with Gasteiger partial charge in [0.05, 0.1) is 5.41 Å². The Labute approximate surface area is 167 Å². The Hall–Kier alpha value is -2.62. The van der Waals surface area contributed by atoms with Gasteiger partial charge in [-0.15, -0.1) is 0 Å². The number of likely N-dealkylation sites (tertiary alicyclic amines) is 1. The molecule has 0 radical (unpaired) electrons. The third kappa shape index (κ3) is 4.27. The Morgan fingerprint density at radius 2 is 1.57 bits per heavy atom. The van der Waals surface area contributed by atoms with Crippen molar-refractivity contribution in [3.8, 4) is 0 Å². The zero-order valence-corrected chi connectivity index (χ0v) is 16.9. The number of carbonyl (C=O) groups is 2. The lowest BCUT2D eigenvalue weighted by Gasteiger charge is -2.41. The first-order valence-corrected chi connectivity index (χ1v) is 10.2. The summed E-state index contributed by atoms with van der Waals surface area (Å²) in [6.07, 6.45) is 2.29. The van der Waals surface area contributed by atoms with Gasteiger partial charge in [-0.05, 0) is 30.4 Å². The van der Waals surface area contributed by atoms with Crippen molar-refractivity contribution in [2.75, 3.05) is 19.6 Å². The number of hydrogen-bond acceptors (Lipinski definition) is 2. The highest BCUT2D eigenvalue weighted by Crippen LogP contribution is 2.36. The third-order valence-electron chi connectivity index (χ3n) is 6.10. The van der Waals surface area contributed by atoms with Crippen molar-refractivity contribution < 1.29 is 9.59 Å². The van der Waals surface area contributed by atoms with Crippen LogP contribution < -0.4 is 5.32 Å². The first-order chi connectivity index (χ1) is 13.6. The van der Waals surface area contributed by atoms with E-state index in [9.17, 15) is 9.59 Å². The van der Waals surface area contributed by atoms with Gasteiger partial charge in [-0.25, -0.2) is 0 Å². The number of nitrogens with zero attached hydrogens (tertiary/aromatic N) is 1.